The summed E-state index contributed by atoms with van der Waals surface area (Å²) in [7, 11) is 0. The molecule has 4 nitrogen and oxygen atoms in total. The van der Waals surface area contributed by atoms with Crippen LogP contribution in [-0.4, -0.2) is 10.9 Å². The molecule has 0 aliphatic rings. The van der Waals surface area contributed by atoms with Gasteiger partial charge in [-0.3, -0.25) is 4.79 Å². The predicted octanol–water partition coefficient (Wildman–Crippen LogP) is 4.59. The Balaban J connectivity index is 2.13. The molecule has 0 aliphatic heterocycles. The number of nitrogens with zero attached hydrogens (tertiary/aromatic N) is 1. The largest absolute Gasteiger partial charge is 0.444 e. The van der Waals surface area contributed by atoms with E-state index in [1.807, 2.05) is 52.0 Å². The van der Waals surface area contributed by atoms with Crippen molar-refractivity contribution in [2.75, 3.05) is 5.32 Å². The zero-order chi connectivity index (χ0) is 17.2. The first-order valence-corrected chi connectivity index (χ1v) is 8.04. The van der Waals surface area contributed by atoms with Crippen LogP contribution >= 0.6 is 0 Å². The summed E-state index contributed by atoms with van der Waals surface area (Å²) in [4.78, 5) is 16.8. The van der Waals surface area contributed by atoms with Gasteiger partial charge in [0.1, 0.15) is 5.76 Å². The molecule has 0 radical (unpaired) electrons. The first-order chi connectivity index (χ1) is 10.7. The van der Waals surface area contributed by atoms with Crippen molar-refractivity contribution in [3.8, 4) is 0 Å². The maximum absolute atomic E-state index is 12.4. The van der Waals surface area contributed by atoms with Gasteiger partial charge in [-0.25, -0.2) is 4.98 Å². The summed E-state index contributed by atoms with van der Waals surface area (Å²) in [6, 6.07) is 7.89. The molecule has 0 saturated carbocycles. The number of para-hydroxylation sites is 1. The number of aryl methyl sites for hydroxylation is 1. The van der Waals surface area contributed by atoms with E-state index < -0.39 is 0 Å². The van der Waals surface area contributed by atoms with Crippen molar-refractivity contribution in [1.29, 1.82) is 0 Å². The van der Waals surface area contributed by atoms with Gasteiger partial charge in [-0.1, -0.05) is 52.8 Å². The van der Waals surface area contributed by atoms with Crippen LogP contribution in [0.3, 0.4) is 0 Å². The normalized spacial score (nSPS) is 11.8. The van der Waals surface area contributed by atoms with Gasteiger partial charge in [0.25, 0.3) is 0 Å². The van der Waals surface area contributed by atoms with Crippen molar-refractivity contribution < 1.29 is 9.21 Å². The third-order valence-corrected chi connectivity index (χ3v) is 3.71. The molecule has 0 unspecified atom stereocenters. The maximum Gasteiger partial charge on any atom is 0.232 e. The van der Waals surface area contributed by atoms with E-state index in [-0.39, 0.29) is 17.7 Å². The summed E-state index contributed by atoms with van der Waals surface area (Å²) in [6.45, 7) is 12.2. The van der Waals surface area contributed by atoms with Crippen LogP contribution in [0, 0.1) is 6.92 Å². The second kappa shape index (κ2) is 6.57. The molecule has 0 aliphatic carbocycles. The van der Waals surface area contributed by atoms with E-state index >= 15 is 0 Å². The topological polar surface area (TPSA) is 55.1 Å². The summed E-state index contributed by atoms with van der Waals surface area (Å²) in [5, 5.41) is 2.99. The molecule has 124 valence electrons. The lowest BCUT2D eigenvalue weighted by Crippen LogP contribution is -2.16. The molecule has 4 heteroatoms. The van der Waals surface area contributed by atoms with Gasteiger partial charge in [0.2, 0.25) is 5.91 Å². The zero-order valence-electron chi connectivity index (χ0n) is 14.9. The van der Waals surface area contributed by atoms with Gasteiger partial charge >= 0.3 is 0 Å². The smallest absolute Gasteiger partial charge is 0.232 e. The second-order valence-electron chi connectivity index (χ2n) is 7.24. The van der Waals surface area contributed by atoms with Crippen molar-refractivity contribution in [3.05, 3.63) is 47.2 Å². The minimum Gasteiger partial charge on any atom is -0.444 e. The minimum absolute atomic E-state index is 0.0854. The summed E-state index contributed by atoms with van der Waals surface area (Å²) >= 11 is 0. The number of oxazole rings is 1. The van der Waals surface area contributed by atoms with E-state index in [0.717, 1.165) is 16.9 Å². The van der Waals surface area contributed by atoms with E-state index in [1.54, 1.807) is 0 Å². The average Bonchev–Trinajstić information content (AvgIpc) is 2.80. The zero-order valence-corrected chi connectivity index (χ0v) is 14.9. The lowest BCUT2D eigenvalue weighted by atomic mass is 9.97. The summed E-state index contributed by atoms with van der Waals surface area (Å²) < 4.78 is 5.79. The average molecular weight is 314 g/mol. The third-order valence-electron chi connectivity index (χ3n) is 3.71. The van der Waals surface area contributed by atoms with Crippen LogP contribution in [0.15, 0.2) is 28.7 Å². The van der Waals surface area contributed by atoms with Gasteiger partial charge in [0.05, 0.1) is 12.1 Å². The monoisotopic (exact) mass is 314 g/mol. The van der Waals surface area contributed by atoms with Crippen LogP contribution in [0.5, 0.6) is 0 Å². The molecule has 0 atom stereocenters. The lowest BCUT2D eigenvalue weighted by Gasteiger charge is -2.13. The Bertz CT molecular complexity index is 694. The number of benzene rings is 1. The van der Waals surface area contributed by atoms with Crippen LogP contribution in [-0.2, 0) is 16.6 Å². The molecule has 1 N–H and O–H groups in total. The molecular weight excluding hydrogens is 288 g/mol. The minimum atomic E-state index is -0.163. The molecule has 0 bridgehead atoms. The van der Waals surface area contributed by atoms with Crippen molar-refractivity contribution in [1.82, 2.24) is 4.98 Å². The van der Waals surface area contributed by atoms with Gasteiger partial charge in [-0.2, -0.15) is 0 Å². The number of carbonyl (C=O) groups is 1. The molecular formula is C19H26N2O2. The molecule has 0 saturated heterocycles. The molecule has 1 amide bonds. The van der Waals surface area contributed by atoms with Gasteiger partial charge in [0.15, 0.2) is 5.89 Å². The summed E-state index contributed by atoms with van der Waals surface area (Å²) in [5.41, 5.74) is 2.61. The Morgan fingerprint density at radius 1 is 1.26 bits per heavy atom. The molecule has 0 fully saturated rings. The SMILES string of the molecule is Cc1nc(C(C)(C)C)oc1CC(=O)Nc1ccccc1C(C)C. The summed E-state index contributed by atoms with van der Waals surface area (Å²) in [5.74, 6) is 1.57. The molecule has 2 rings (SSSR count). The quantitative estimate of drug-likeness (QED) is 0.898. The van der Waals surface area contributed by atoms with Crippen molar-refractivity contribution >= 4 is 11.6 Å². The van der Waals surface area contributed by atoms with Gasteiger partial charge in [0, 0.05) is 11.1 Å². The highest BCUT2D eigenvalue weighted by Crippen LogP contribution is 2.26. The highest BCUT2D eigenvalue weighted by molar-refractivity contribution is 5.92. The van der Waals surface area contributed by atoms with E-state index in [9.17, 15) is 4.79 Å². The number of carbonyl (C=O) groups excluding carboxylic acids is 1. The predicted molar refractivity (Wildman–Crippen MR) is 92.8 cm³/mol. The van der Waals surface area contributed by atoms with Crippen LogP contribution in [0.25, 0.3) is 0 Å². The first-order valence-electron chi connectivity index (χ1n) is 8.04. The Kier molecular flexibility index (Phi) is 4.93. The van der Waals surface area contributed by atoms with Crippen LogP contribution < -0.4 is 5.32 Å². The number of amides is 1. The Morgan fingerprint density at radius 3 is 2.48 bits per heavy atom. The van der Waals surface area contributed by atoms with Crippen LogP contribution in [0.4, 0.5) is 5.69 Å². The van der Waals surface area contributed by atoms with Gasteiger partial charge < -0.3 is 9.73 Å². The number of hydrogen-bond donors (Lipinski definition) is 1. The number of rotatable bonds is 4. The van der Waals surface area contributed by atoms with E-state index in [1.165, 1.54) is 0 Å². The number of anilines is 1. The summed E-state index contributed by atoms with van der Waals surface area (Å²) in [6.07, 6.45) is 0.196. The highest BCUT2D eigenvalue weighted by Gasteiger charge is 2.23. The Morgan fingerprint density at radius 2 is 1.91 bits per heavy atom. The third kappa shape index (κ3) is 4.21. The standard InChI is InChI=1S/C19H26N2O2/c1-12(2)14-9-7-8-10-15(14)21-17(22)11-16-13(3)20-18(23-16)19(4,5)6/h7-10,12H,11H2,1-6H3,(H,21,22). The van der Waals surface area contributed by atoms with Crippen molar-refractivity contribution in [3.63, 3.8) is 0 Å². The van der Waals surface area contributed by atoms with Gasteiger partial charge in [-0.05, 0) is 24.5 Å². The van der Waals surface area contributed by atoms with Crippen LogP contribution in [0.2, 0.25) is 0 Å². The van der Waals surface area contributed by atoms with Gasteiger partial charge in [-0.15, -0.1) is 0 Å². The fourth-order valence-electron chi connectivity index (χ4n) is 2.37. The number of hydrogen-bond acceptors (Lipinski definition) is 3. The fraction of sp³-hybridized carbons (Fsp3) is 0.474. The van der Waals surface area contributed by atoms with E-state index in [4.69, 9.17) is 4.42 Å². The molecule has 2 aromatic rings. The molecule has 23 heavy (non-hydrogen) atoms. The van der Waals surface area contributed by atoms with E-state index in [2.05, 4.69) is 24.1 Å². The lowest BCUT2D eigenvalue weighted by molar-refractivity contribution is -0.115. The Labute approximate surface area is 138 Å². The molecule has 1 heterocycles. The fourth-order valence-corrected chi connectivity index (χ4v) is 2.37. The number of aromatic nitrogens is 1. The molecule has 1 aromatic heterocycles. The second-order valence-corrected chi connectivity index (χ2v) is 7.24. The highest BCUT2D eigenvalue weighted by atomic mass is 16.4. The van der Waals surface area contributed by atoms with Crippen LogP contribution in [0.1, 0.15) is 63.4 Å². The molecule has 0 spiro atoms. The first kappa shape index (κ1) is 17.3. The number of nitrogens with one attached hydrogen (secondary N) is 1. The van der Waals surface area contributed by atoms with Crippen molar-refractivity contribution in [2.45, 2.75) is 59.3 Å². The maximum atomic E-state index is 12.4. The molecule has 1 aromatic carbocycles. The van der Waals surface area contributed by atoms with E-state index in [0.29, 0.717) is 17.6 Å². The van der Waals surface area contributed by atoms with Crippen molar-refractivity contribution in [2.24, 2.45) is 0 Å². The Hall–Kier alpha value is -2.10.